The Morgan fingerprint density at radius 2 is 1.95 bits per heavy atom. The van der Waals surface area contributed by atoms with Gasteiger partial charge in [-0.2, -0.15) is 0 Å². The summed E-state index contributed by atoms with van der Waals surface area (Å²) in [7, 11) is 1.67. The number of nitrogens with two attached hydrogens (primary N) is 1. The molecule has 0 saturated carbocycles. The smallest absolute Gasteiger partial charge is 0.123 e. The van der Waals surface area contributed by atoms with Crippen molar-refractivity contribution in [2.45, 2.75) is 32.4 Å². The van der Waals surface area contributed by atoms with E-state index in [9.17, 15) is 0 Å². The summed E-state index contributed by atoms with van der Waals surface area (Å²) in [5.74, 6) is 1.65. The van der Waals surface area contributed by atoms with Gasteiger partial charge in [-0.05, 0) is 50.1 Å². The minimum absolute atomic E-state index is 0.137. The van der Waals surface area contributed by atoms with E-state index in [0.717, 1.165) is 29.3 Å². The summed E-state index contributed by atoms with van der Waals surface area (Å²) in [6.45, 7) is 4.64. The fourth-order valence-electron chi connectivity index (χ4n) is 2.04. The Balaban J connectivity index is 2.06. The first-order valence-corrected chi connectivity index (χ1v) is 7.16. The predicted octanol–water partition coefficient (Wildman–Crippen LogP) is 2.90. The number of hydrogen-bond donors (Lipinski definition) is 2. The number of benzene rings is 1. The largest absolute Gasteiger partial charge is 0.491 e. The minimum atomic E-state index is -0.137. The van der Waals surface area contributed by atoms with Crippen molar-refractivity contribution >= 4 is 0 Å². The van der Waals surface area contributed by atoms with Crippen LogP contribution in [0.15, 0.2) is 30.5 Å². The highest BCUT2D eigenvalue weighted by atomic mass is 16.5. The first-order valence-electron chi connectivity index (χ1n) is 7.16. The van der Waals surface area contributed by atoms with Crippen molar-refractivity contribution in [2.75, 3.05) is 13.7 Å². The van der Waals surface area contributed by atoms with E-state index < -0.39 is 0 Å². The molecule has 21 heavy (non-hydrogen) atoms. The normalized spacial score (nSPS) is 12.6. The quantitative estimate of drug-likeness (QED) is 0.822. The van der Waals surface area contributed by atoms with E-state index in [1.54, 1.807) is 13.3 Å². The molecule has 1 atom stereocenters. The van der Waals surface area contributed by atoms with E-state index in [0.29, 0.717) is 6.61 Å². The van der Waals surface area contributed by atoms with E-state index >= 15 is 0 Å². The average Bonchev–Trinajstić information content (AvgIpc) is 2.95. The summed E-state index contributed by atoms with van der Waals surface area (Å²) < 4.78 is 10.7. The molecule has 1 unspecified atom stereocenters. The standard InChI is InChI=1S/C16H23N3O2/c1-11(2)21-13-6-4-12(5-7-13)15-10-18-16(19-15)14(17)8-9-20-3/h4-7,10-11,14H,8-9,17H2,1-3H3,(H,18,19). The van der Waals surface area contributed by atoms with Gasteiger partial charge in [0.05, 0.1) is 24.0 Å². The Kier molecular flexibility index (Phi) is 5.36. The van der Waals surface area contributed by atoms with E-state index in [2.05, 4.69) is 9.97 Å². The number of aromatic nitrogens is 2. The topological polar surface area (TPSA) is 73.2 Å². The number of H-pyrrole nitrogens is 1. The van der Waals surface area contributed by atoms with Crippen LogP contribution in [-0.4, -0.2) is 29.8 Å². The minimum Gasteiger partial charge on any atom is -0.491 e. The SMILES string of the molecule is COCCC(N)c1ncc(-c2ccc(OC(C)C)cc2)[nH]1. The van der Waals surface area contributed by atoms with Gasteiger partial charge in [0.1, 0.15) is 11.6 Å². The lowest BCUT2D eigenvalue weighted by atomic mass is 10.1. The van der Waals surface area contributed by atoms with Crippen LogP contribution in [0.4, 0.5) is 0 Å². The van der Waals surface area contributed by atoms with Gasteiger partial charge in [0.25, 0.3) is 0 Å². The molecule has 5 nitrogen and oxygen atoms in total. The van der Waals surface area contributed by atoms with Gasteiger partial charge in [-0.1, -0.05) is 0 Å². The molecule has 0 bridgehead atoms. The van der Waals surface area contributed by atoms with Crippen LogP contribution in [0.3, 0.4) is 0 Å². The van der Waals surface area contributed by atoms with Crippen molar-refractivity contribution in [1.82, 2.24) is 9.97 Å². The Labute approximate surface area is 125 Å². The van der Waals surface area contributed by atoms with Crippen LogP contribution in [0.1, 0.15) is 32.1 Å². The Morgan fingerprint density at radius 3 is 2.57 bits per heavy atom. The second kappa shape index (κ2) is 7.24. The Bertz CT molecular complexity index is 549. The molecule has 0 aliphatic rings. The molecular formula is C16H23N3O2. The summed E-state index contributed by atoms with van der Waals surface area (Å²) in [5, 5.41) is 0. The Morgan fingerprint density at radius 1 is 1.24 bits per heavy atom. The molecule has 0 saturated heterocycles. The highest BCUT2D eigenvalue weighted by molar-refractivity contribution is 5.59. The van der Waals surface area contributed by atoms with Crippen LogP contribution in [0.2, 0.25) is 0 Å². The molecule has 0 aliphatic carbocycles. The van der Waals surface area contributed by atoms with Crippen LogP contribution in [-0.2, 0) is 4.74 Å². The number of nitrogens with zero attached hydrogens (tertiary/aromatic N) is 1. The maximum Gasteiger partial charge on any atom is 0.123 e. The molecule has 1 heterocycles. The number of rotatable bonds is 7. The van der Waals surface area contributed by atoms with Crippen molar-refractivity contribution < 1.29 is 9.47 Å². The lowest BCUT2D eigenvalue weighted by Gasteiger charge is -2.10. The fraction of sp³-hybridized carbons (Fsp3) is 0.438. The van der Waals surface area contributed by atoms with E-state index in [-0.39, 0.29) is 12.1 Å². The average molecular weight is 289 g/mol. The molecule has 114 valence electrons. The number of aromatic amines is 1. The van der Waals surface area contributed by atoms with Gasteiger partial charge in [-0.25, -0.2) is 4.98 Å². The zero-order valence-corrected chi connectivity index (χ0v) is 12.8. The zero-order valence-electron chi connectivity index (χ0n) is 12.8. The number of nitrogens with one attached hydrogen (secondary N) is 1. The zero-order chi connectivity index (χ0) is 15.2. The molecule has 3 N–H and O–H groups in total. The molecule has 0 spiro atoms. The predicted molar refractivity (Wildman–Crippen MR) is 83.2 cm³/mol. The first-order chi connectivity index (χ1) is 10.1. The van der Waals surface area contributed by atoms with Gasteiger partial charge in [0, 0.05) is 13.7 Å². The van der Waals surface area contributed by atoms with E-state index in [4.69, 9.17) is 15.2 Å². The second-order valence-corrected chi connectivity index (χ2v) is 5.26. The molecule has 0 aliphatic heterocycles. The van der Waals surface area contributed by atoms with Crippen molar-refractivity contribution in [3.8, 4) is 17.0 Å². The van der Waals surface area contributed by atoms with Crippen LogP contribution < -0.4 is 10.5 Å². The third-order valence-electron chi connectivity index (χ3n) is 3.12. The van der Waals surface area contributed by atoms with Gasteiger partial charge in [0.2, 0.25) is 0 Å². The monoisotopic (exact) mass is 289 g/mol. The molecule has 0 amide bonds. The first kappa shape index (κ1) is 15.5. The van der Waals surface area contributed by atoms with E-state index in [1.165, 1.54) is 0 Å². The number of ether oxygens (including phenoxy) is 2. The summed E-state index contributed by atoms with van der Waals surface area (Å²) >= 11 is 0. The Hall–Kier alpha value is -1.85. The van der Waals surface area contributed by atoms with Crippen molar-refractivity contribution in [3.63, 3.8) is 0 Å². The van der Waals surface area contributed by atoms with Crippen LogP contribution in [0, 0.1) is 0 Å². The summed E-state index contributed by atoms with van der Waals surface area (Å²) in [4.78, 5) is 7.61. The molecule has 1 aromatic heterocycles. The lowest BCUT2D eigenvalue weighted by Crippen LogP contribution is -2.14. The summed E-state index contributed by atoms with van der Waals surface area (Å²) in [6, 6.07) is 7.80. The van der Waals surface area contributed by atoms with Crippen molar-refractivity contribution in [2.24, 2.45) is 5.73 Å². The van der Waals surface area contributed by atoms with Gasteiger partial charge in [-0.15, -0.1) is 0 Å². The van der Waals surface area contributed by atoms with Gasteiger partial charge >= 0.3 is 0 Å². The molecule has 0 fully saturated rings. The lowest BCUT2D eigenvalue weighted by molar-refractivity contribution is 0.187. The molecule has 0 radical (unpaired) electrons. The summed E-state index contributed by atoms with van der Waals surface area (Å²) in [5.41, 5.74) is 8.07. The van der Waals surface area contributed by atoms with Crippen molar-refractivity contribution in [1.29, 1.82) is 0 Å². The van der Waals surface area contributed by atoms with Crippen LogP contribution >= 0.6 is 0 Å². The number of methoxy groups -OCH3 is 1. The highest BCUT2D eigenvalue weighted by Gasteiger charge is 2.11. The maximum atomic E-state index is 6.06. The second-order valence-electron chi connectivity index (χ2n) is 5.26. The molecule has 1 aromatic carbocycles. The third-order valence-corrected chi connectivity index (χ3v) is 3.12. The summed E-state index contributed by atoms with van der Waals surface area (Å²) in [6.07, 6.45) is 2.72. The molecular weight excluding hydrogens is 266 g/mol. The van der Waals surface area contributed by atoms with Crippen molar-refractivity contribution in [3.05, 3.63) is 36.3 Å². The third kappa shape index (κ3) is 4.31. The van der Waals surface area contributed by atoms with Gasteiger partial charge < -0.3 is 20.2 Å². The van der Waals surface area contributed by atoms with Crippen LogP contribution in [0.5, 0.6) is 5.75 Å². The van der Waals surface area contributed by atoms with E-state index in [1.807, 2.05) is 38.1 Å². The fourth-order valence-corrected chi connectivity index (χ4v) is 2.04. The molecule has 5 heteroatoms. The number of imidazole rings is 1. The highest BCUT2D eigenvalue weighted by Crippen LogP contribution is 2.23. The van der Waals surface area contributed by atoms with Crippen LogP contribution in [0.25, 0.3) is 11.3 Å². The number of hydrogen-bond acceptors (Lipinski definition) is 4. The van der Waals surface area contributed by atoms with Gasteiger partial charge in [-0.3, -0.25) is 0 Å². The molecule has 2 aromatic rings. The molecule has 2 rings (SSSR count). The van der Waals surface area contributed by atoms with Gasteiger partial charge in [0.15, 0.2) is 0 Å². The maximum absolute atomic E-state index is 6.06.